The summed E-state index contributed by atoms with van der Waals surface area (Å²) in [6.45, 7) is 2.04. The molecule has 2 rings (SSSR count). The lowest BCUT2D eigenvalue weighted by Gasteiger charge is -2.39. The summed E-state index contributed by atoms with van der Waals surface area (Å²) in [5, 5.41) is 9.93. The molecule has 1 N–H and O–H groups in total. The first-order valence-electron chi connectivity index (χ1n) is 6.29. The van der Waals surface area contributed by atoms with Gasteiger partial charge < -0.3 is 19.3 Å². The first-order valence-corrected chi connectivity index (χ1v) is 6.29. The number of rotatable bonds is 4. The van der Waals surface area contributed by atoms with E-state index in [-0.39, 0.29) is 0 Å². The van der Waals surface area contributed by atoms with E-state index in [2.05, 4.69) is 0 Å². The molecular weight excluding hydrogens is 251 g/mol. The Kier molecular flexibility index (Phi) is 4.87. The number of aliphatic hydroxyl groups excluding tert-OH is 1. The lowest BCUT2D eigenvalue weighted by Crippen LogP contribution is -2.56. The highest BCUT2D eigenvalue weighted by Crippen LogP contribution is 2.26. The Morgan fingerprint density at radius 1 is 1.32 bits per heavy atom. The van der Waals surface area contributed by atoms with Crippen molar-refractivity contribution in [3.63, 3.8) is 0 Å². The highest BCUT2D eigenvalue weighted by molar-refractivity contribution is 5.13. The van der Waals surface area contributed by atoms with Gasteiger partial charge in [-0.2, -0.15) is 0 Å². The van der Waals surface area contributed by atoms with Crippen LogP contribution in [0.25, 0.3) is 0 Å². The third kappa shape index (κ3) is 3.30. The van der Waals surface area contributed by atoms with Crippen molar-refractivity contribution in [1.29, 1.82) is 0 Å². The molecule has 5 unspecified atom stereocenters. The summed E-state index contributed by atoms with van der Waals surface area (Å²) in [7, 11) is 1.35. The van der Waals surface area contributed by atoms with Gasteiger partial charge in [0.2, 0.25) is 0 Å². The van der Waals surface area contributed by atoms with Crippen LogP contribution in [0.2, 0.25) is 0 Å². The fourth-order valence-electron chi connectivity index (χ4n) is 2.17. The summed E-state index contributed by atoms with van der Waals surface area (Å²) in [6.07, 6.45) is -5.04. The molecule has 0 radical (unpaired) electrons. The third-order valence-electron chi connectivity index (χ3n) is 3.25. The zero-order valence-electron chi connectivity index (χ0n) is 11.0. The standard InChI is InChI=1S/C14H19FO4/c1-9-13(12(16)11(15)14(17-2)19-9)18-8-10-6-4-3-5-7-10/h3-7,9,11-14,16H,8H2,1-2H3. The van der Waals surface area contributed by atoms with Crippen LogP contribution < -0.4 is 0 Å². The zero-order valence-corrected chi connectivity index (χ0v) is 11.0. The molecule has 1 heterocycles. The van der Waals surface area contributed by atoms with Crippen molar-refractivity contribution in [1.82, 2.24) is 0 Å². The molecular formula is C14H19FO4. The van der Waals surface area contributed by atoms with E-state index >= 15 is 0 Å². The Balaban J connectivity index is 1.96. The number of halogens is 1. The number of methoxy groups -OCH3 is 1. The van der Waals surface area contributed by atoms with Crippen molar-refractivity contribution >= 4 is 0 Å². The zero-order chi connectivity index (χ0) is 13.8. The molecule has 0 bridgehead atoms. The van der Waals surface area contributed by atoms with Crippen LogP contribution >= 0.6 is 0 Å². The van der Waals surface area contributed by atoms with E-state index in [0.717, 1.165) is 5.56 Å². The topological polar surface area (TPSA) is 47.9 Å². The molecule has 1 aromatic carbocycles. The summed E-state index contributed by atoms with van der Waals surface area (Å²) in [5.74, 6) is 0. The maximum atomic E-state index is 13.8. The van der Waals surface area contributed by atoms with Gasteiger partial charge in [0.25, 0.3) is 0 Å². The smallest absolute Gasteiger partial charge is 0.191 e. The lowest BCUT2D eigenvalue weighted by molar-refractivity contribution is -0.279. The second-order valence-corrected chi connectivity index (χ2v) is 4.64. The van der Waals surface area contributed by atoms with E-state index in [1.54, 1.807) is 6.92 Å². The van der Waals surface area contributed by atoms with Crippen molar-refractivity contribution in [2.75, 3.05) is 7.11 Å². The Morgan fingerprint density at radius 3 is 2.63 bits per heavy atom. The Hall–Kier alpha value is -1.01. The normalized spacial score (nSPS) is 35.3. The van der Waals surface area contributed by atoms with Gasteiger partial charge in [0.05, 0.1) is 12.7 Å². The van der Waals surface area contributed by atoms with Gasteiger partial charge in [-0.05, 0) is 12.5 Å². The van der Waals surface area contributed by atoms with E-state index in [1.807, 2.05) is 30.3 Å². The first kappa shape index (κ1) is 14.4. The molecule has 106 valence electrons. The van der Waals surface area contributed by atoms with Gasteiger partial charge in [-0.15, -0.1) is 0 Å². The van der Waals surface area contributed by atoms with Crippen LogP contribution in [0, 0.1) is 0 Å². The second-order valence-electron chi connectivity index (χ2n) is 4.64. The summed E-state index contributed by atoms with van der Waals surface area (Å²) in [6, 6.07) is 9.52. The van der Waals surface area contributed by atoms with Crippen molar-refractivity contribution in [2.24, 2.45) is 0 Å². The van der Waals surface area contributed by atoms with E-state index in [9.17, 15) is 9.50 Å². The van der Waals surface area contributed by atoms with E-state index in [4.69, 9.17) is 14.2 Å². The predicted molar refractivity (Wildman–Crippen MR) is 67.3 cm³/mol. The molecule has 1 saturated heterocycles. The Morgan fingerprint density at radius 2 is 2.00 bits per heavy atom. The maximum absolute atomic E-state index is 13.8. The van der Waals surface area contributed by atoms with Crippen LogP contribution in [0.3, 0.4) is 0 Å². The number of aliphatic hydroxyl groups is 1. The van der Waals surface area contributed by atoms with Crippen LogP contribution in [-0.2, 0) is 20.8 Å². The molecule has 1 aliphatic rings. The number of hydrogen-bond acceptors (Lipinski definition) is 4. The van der Waals surface area contributed by atoms with Crippen molar-refractivity contribution in [3.05, 3.63) is 35.9 Å². The molecule has 4 nitrogen and oxygen atoms in total. The van der Waals surface area contributed by atoms with Crippen LogP contribution in [0.5, 0.6) is 0 Å². The molecule has 5 heteroatoms. The van der Waals surface area contributed by atoms with Crippen molar-refractivity contribution in [3.8, 4) is 0 Å². The van der Waals surface area contributed by atoms with Gasteiger partial charge >= 0.3 is 0 Å². The Labute approximate surface area is 112 Å². The molecule has 1 aromatic rings. The van der Waals surface area contributed by atoms with Crippen molar-refractivity contribution < 1.29 is 23.7 Å². The average Bonchev–Trinajstić information content (AvgIpc) is 2.44. The molecule has 1 aliphatic heterocycles. The molecule has 1 fully saturated rings. The average molecular weight is 270 g/mol. The highest BCUT2D eigenvalue weighted by Gasteiger charge is 2.44. The summed E-state index contributed by atoms with van der Waals surface area (Å²) in [4.78, 5) is 0. The van der Waals surface area contributed by atoms with Gasteiger partial charge in [-0.1, -0.05) is 30.3 Å². The van der Waals surface area contributed by atoms with E-state index < -0.39 is 30.8 Å². The quantitative estimate of drug-likeness (QED) is 0.904. The fraction of sp³-hybridized carbons (Fsp3) is 0.571. The minimum absolute atomic E-state index is 0.306. The van der Waals surface area contributed by atoms with Gasteiger partial charge in [0.15, 0.2) is 12.5 Å². The lowest BCUT2D eigenvalue weighted by atomic mass is 10.0. The van der Waals surface area contributed by atoms with Crippen molar-refractivity contribution in [2.45, 2.75) is 44.3 Å². The molecule has 5 atom stereocenters. The van der Waals surface area contributed by atoms with Crippen LogP contribution in [0.15, 0.2) is 30.3 Å². The van der Waals surface area contributed by atoms with Crippen LogP contribution in [0.1, 0.15) is 12.5 Å². The number of benzene rings is 1. The van der Waals surface area contributed by atoms with Gasteiger partial charge in [-0.25, -0.2) is 4.39 Å². The molecule has 0 saturated carbocycles. The van der Waals surface area contributed by atoms with Crippen LogP contribution in [0.4, 0.5) is 4.39 Å². The highest BCUT2D eigenvalue weighted by atomic mass is 19.1. The SMILES string of the molecule is COC1OC(C)C(OCc2ccccc2)C(O)C1F. The molecule has 19 heavy (non-hydrogen) atoms. The van der Waals surface area contributed by atoms with Gasteiger partial charge in [0, 0.05) is 7.11 Å². The predicted octanol–water partition coefficient (Wildman–Crippen LogP) is 1.66. The van der Waals surface area contributed by atoms with E-state index in [1.165, 1.54) is 7.11 Å². The molecule has 0 spiro atoms. The molecule has 0 aliphatic carbocycles. The Bertz CT molecular complexity index is 386. The monoisotopic (exact) mass is 270 g/mol. The van der Waals surface area contributed by atoms with Gasteiger partial charge in [-0.3, -0.25) is 0 Å². The minimum atomic E-state index is -1.61. The first-order chi connectivity index (χ1) is 9.13. The third-order valence-corrected chi connectivity index (χ3v) is 3.25. The number of alkyl halides is 1. The molecule has 0 amide bonds. The van der Waals surface area contributed by atoms with Crippen LogP contribution in [-0.4, -0.2) is 43.0 Å². The largest absolute Gasteiger partial charge is 0.387 e. The number of ether oxygens (including phenoxy) is 3. The summed E-state index contributed by atoms with van der Waals surface area (Å²) >= 11 is 0. The second kappa shape index (κ2) is 6.43. The molecule has 0 aromatic heterocycles. The fourth-order valence-corrected chi connectivity index (χ4v) is 2.17. The summed E-state index contributed by atoms with van der Waals surface area (Å²) < 4.78 is 29.6. The van der Waals surface area contributed by atoms with E-state index in [0.29, 0.717) is 6.61 Å². The van der Waals surface area contributed by atoms with Gasteiger partial charge in [0.1, 0.15) is 12.2 Å². The summed E-state index contributed by atoms with van der Waals surface area (Å²) in [5.41, 5.74) is 0.964. The minimum Gasteiger partial charge on any atom is -0.387 e. The maximum Gasteiger partial charge on any atom is 0.191 e. The number of hydrogen-bond donors (Lipinski definition) is 1.